The Balaban J connectivity index is 2.55. The Bertz CT molecular complexity index is 442. The van der Waals surface area contributed by atoms with Crippen molar-refractivity contribution in [3.05, 3.63) is 11.1 Å². The molecule has 1 rings (SSSR count). The Hall–Kier alpha value is -0.660. The number of thiazole rings is 1. The highest BCUT2D eigenvalue weighted by atomic mass is 32.2. The van der Waals surface area contributed by atoms with Gasteiger partial charge in [-0.15, -0.1) is 11.3 Å². The van der Waals surface area contributed by atoms with Crippen LogP contribution >= 0.6 is 11.3 Å². The van der Waals surface area contributed by atoms with Crippen LogP contribution < -0.4 is 10.0 Å². The molecule has 0 aromatic carbocycles. The summed E-state index contributed by atoms with van der Waals surface area (Å²) in [6.07, 6.45) is 0.992. The van der Waals surface area contributed by atoms with Crippen molar-refractivity contribution in [2.75, 3.05) is 17.8 Å². The molecule has 0 fully saturated rings. The van der Waals surface area contributed by atoms with E-state index in [1.54, 1.807) is 6.92 Å². The topological polar surface area (TPSA) is 71.1 Å². The maximum absolute atomic E-state index is 11.9. The second kappa shape index (κ2) is 6.32. The quantitative estimate of drug-likeness (QED) is 0.742. The number of nitrogens with one attached hydrogen (secondary N) is 2. The highest BCUT2D eigenvalue weighted by Gasteiger charge is 2.21. The van der Waals surface area contributed by atoms with E-state index in [4.69, 9.17) is 0 Å². The van der Waals surface area contributed by atoms with Crippen LogP contribution in [0.5, 0.6) is 0 Å². The molecule has 98 valence electrons. The first kappa shape index (κ1) is 14.4. The Morgan fingerprint density at radius 2 is 2.24 bits per heavy atom. The van der Waals surface area contributed by atoms with Crippen molar-refractivity contribution in [1.29, 1.82) is 0 Å². The fourth-order valence-corrected chi connectivity index (χ4v) is 3.11. The molecule has 0 amide bonds. The summed E-state index contributed by atoms with van der Waals surface area (Å²) in [5, 5.41) is 4.87. The predicted molar refractivity (Wildman–Crippen MR) is 72.0 cm³/mol. The second-order valence-electron chi connectivity index (χ2n) is 3.96. The Labute approximate surface area is 107 Å². The van der Waals surface area contributed by atoms with Crippen LogP contribution in [0, 0.1) is 6.92 Å². The summed E-state index contributed by atoms with van der Waals surface area (Å²) in [4.78, 5) is 4.08. The largest absolute Gasteiger partial charge is 0.315 e. The first-order chi connectivity index (χ1) is 7.95. The minimum Gasteiger partial charge on any atom is -0.315 e. The third-order valence-corrected chi connectivity index (χ3v) is 4.95. The van der Waals surface area contributed by atoms with Gasteiger partial charge in [-0.2, -0.15) is 0 Å². The van der Waals surface area contributed by atoms with Crippen molar-refractivity contribution in [2.24, 2.45) is 0 Å². The molecule has 1 aromatic rings. The van der Waals surface area contributed by atoms with Gasteiger partial charge >= 0.3 is 0 Å². The maximum atomic E-state index is 11.9. The lowest BCUT2D eigenvalue weighted by Gasteiger charge is -2.13. The number of rotatable bonds is 7. The maximum Gasteiger partial charge on any atom is 0.238 e. The van der Waals surface area contributed by atoms with Crippen molar-refractivity contribution in [2.45, 2.75) is 32.4 Å². The van der Waals surface area contributed by atoms with Crippen LogP contribution in [0.15, 0.2) is 5.38 Å². The Morgan fingerprint density at radius 1 is 1.53 bits per heavy atom. The number of hydrogen-bond donors (Lipinski definition) is 2. The summed E-state index contributed by atoms with van der Waals surface area (Å²) in [6.45, 7) is 6.85. The Morgan fingerprint density at radius 3 is 2.76 bits per heavy atom. The number of aromatic nitrogens is 1. The Kier molecular flexibility index (Phi) is 5.35. The normalized spacial score (nSPS) is 13.6. The summed E-state index contributed by atoms with van der Waals surface area (Å²) >= 11 is 1.30. The summed E-state index contributed by atoms with van der Waals surface area (Å²) < 4.78 is 26.3. The van der Waals surface area contributed by atoms with Crippen LogP contribution in [0.4, 0.5) is 5.13 Å². The zero-order valence-electron chi connectivity index (χ0n) is 10.4. The SMILES string of the molecule is CCCNCC(C)S(=O)(=O)Nc1nc(C)cs1. The van der Waals surface area contributed by atoms with Crippen LogP contribution in [-0.4, -0.2) is 31.7 Å². The first-order valence-corrected chi connectivity index (χ1v) is 8.02. The van der Waals surface area contributed by atoms with Gasteiger partial charge in [-0.05, 0) is 26.8 Å². The number of hydrogen-bond acceptors (Lipinski definition) is 5. The van der Waals surface area contributed by atoms with E-state index < -0.39 is 15.3 Å². The van der Waals surface area contributed by atoms with Gasteiger partial charge in [0.15, 0.2) is 5.13 Å². The lowest BCUT2D eigenvalue weighted by molar-refractivity contribution is 0.575. The molecule has 2 N–H and O–H groups in total. The summed E-state index contributed by atoms with van der Waals surface area (Å²) in [6, 6.07) is 0. The van der Waals surface area contributed by atoms with Crippen LogP contribution in [0.25, 0.3) is 0 Å². The molecule has 5 nitrogen and oxygen atoms in total. The van der Waals surface area contributed by atoms with Gasteiger partial charge in [0.05, 0.1) is 10.9 Å². The molecule has 0 aliphatic carbocycles. The van der Waals surface area contributed by atoms with E-state index in [1.807, 2.05) is 19.2 Å². The number of aryl methyl sites for hydroxylation is 1. The molecular weight excluding hydrogens is 258 g/mol. The van der Waals surface area contributed by atoms with Crippen LogP contribution in [-0.2, 0) is 10.0 Å². The molecular formula is C10H19N3O2S2. The van der Waals surface area contributed by atoms with E-state index in [2.05, 4.69) is 15.0 Å². The van der Waals surface area contributed by atoms with Crippen LogP contribution in [0.2, 0.25) is 0 Å². The van der Waals surface area contributed by atoms with Gasteiger partial charge in [0.1, 0.15) is 0 Å². The summed E-state index contributed by atoms with van der Waals surface area (Å²) in [7, 11) is -3.35. The molecule has 0 saturated heterocycles. The number of anilines is 1. The average molecular weight is 277 g/mol. The standard InChI is InChI=1S/C10H19N3O2S2/c1-4-5-11-6-9(3)17(14,15)13-10-12-8(2)7-16-10/h7,9,11H,4-6H2,1-3H3,(H,12,13). The molecule has 7 heteroatoms. The molecule has 0 saturated carbocycles. The molecule has 17 heavy (non-hydrogen) atoms. The van der Waals surface area contributed by atoms with Crippen molar-refractivity contribution < 1.29 is 8.42 Å². The van der Waals surface area contributed by atoms with Crippen molar-refractivity contribution in [1.82, 2.24) is 10.3 Å². The molecule has 1 aromatic heterocycles. The number of sulfonamides is 1. The zero-order chi connectivity index (χ0) is 12.9. The fraction of sp³-hybridized carbons (Fsp3) is 0.700. The van der Waals surface area contributed by atoms with E-state index in [-0.39, 0.29) is 0 Å². The van der Waals surface area contributed by atoms with E-state index in [1.165, 1.54) is 11.3 Å². The van der Waals surface area contributed by atoms with Crippen LogP contribution in [0.3, 0.4) is 0 Å². The fourth-order valence-electron chi connectivity index (χ4n) is 1.21. The van der Waals surface area contributed by atoms with Gasteiger partial charge in [0.2, 0.25) is 10.0 Å². The predicted octanol–water partition coefficient (Wildman–Crippen LogP) is 1.58. The van der Waals surface area contributed by atoms with E-state index in [0.717, 1.165) is 18.7 Å². The van der Waals surface area contributed by atoms with E-state index in [9.17, 15) is 8.42 Å². The first-order valence-electron chi connectivity index (χ1n) is 5.60. The van der Waals surface area contributed by atoms with E-state index >= 15 is 0 Å². The minimum atomic E-state index is -3.35. The third kappa shape index (κ3) is 4.61. The average Bonchev–Trinajstić information content (AvgIpc) is 2.63. The van der Waals surface area contributed by atoms with Gasteiger partial charge in [-0.25, -0.2) is 13.4 Å². The highest BCUT2D eigenvalue weighted by Crippen LogP contribution is 2.17. The monoisotopic (exact) mass is 277 g/mol. The molecule has 1 atom stereocenters. The molecule has 1 unspecified atom stereocenters. The molecule has 1 heterocycles. The second-order valence-corrected chi connectivity index (χ2v) is 6.91. The van der Waals surface area contributed by atoms with Gasteiger partial charge in [0.25, 0.3) is 0 Å². The third-order valence-electron chi connectivity index (χ3n) is 2.24. The number of nitrogens with zero attached hydrogens (tertiary/aromatic N) is 1. The van der Waals surface area contributed by atoms with Gasteiger partial charge in [-0.3, -0.25) is 4.72 Å². The van der Waals surface area contributed by atoms with Crippen LogP contribution in [0.1, 0.15) is 26.0 Å². The smallest absolute Gasteiger partial charge is 0.238 e. The molecule has 0 spiro atoms. The lowest BCUT2D eigenvalue weighted by Crippen LogP contribution is -2.35. The van der Waals surface area contributed by atoms with Crippen molar-refractivity contribution in [3.8, 4) is 0 Å². The summed E-state index contributed by atoms with van der Waals surface area (Å²) in [5.41, 5.74) is 0.824. The minimum absolute atomic E-state index is 0.435. The van der Waals surface area contributed by atoms with Gasteiger partial charge in [-0.1, -0.05) is 6.92 Å². The van der Waals surface area contributed by atoms with Gasteiger partial charge in [0, 0.05) is 11.9 Å². The molecule has 0 radical (unpaired) electrons. The summed E-state index contributed by atoms with van der Waals surface area (Å²) in [5.74, 6) is 0. The van der Waals surface area contributed by atoms with Crippen molar-refractivity contribution in [3.63, 3.8) is 0 Å². The molecule has 0 bridgehead atoms. The lowest BCUT2D eigenvalue weighted by atomic mass is 10.4. The highest BCUT2D eigenvalue weighted by molar-refractivity contribution is 7.93. The zero-order valence-corrected chi connectivity index (χ0v) is 12.0. The van der Waals surface area contributed by atoms with Gasteiger partial charge < -0.3 is 5.32 Å². The molecule has 0 aliphatic rings. The van der Waals surface area contributed by atoms with Crippen molar-refractivity contribution >= 4 is 26.5 Å². The van der Waals surface area contributed by atoms with E-state index in [0.29, 0.717) is 11.7 Å². The molecule has 0 aliphatic heterocycles.